The van der Waals surface area contributed by atoms with Crippen molar-refractivity contribution in [1.29, 1.82) is 0 Å². The Morgan fingerprint density at radius 3 is 2.64 bits per heavy atom. The van der Waals surface area contributed by atoms with Gasteiger partial charge in [0.25, 0.3) is 0 Å². The van der Waals surface area contributed by atoms with Crippen molar-refractivity contribution in [3.8, 4) is 0 Å². The summed E-state index contributed by atoms with van der Waals surface area (Å²) in [5.41, 5.74) is 0. The van der Waals surface area contributed by atoms with Gasteiger partial charge in [0.15, 0.2) is 0 Å². The molecule has 0 aliphatic rings. The quantitative estimate of drug-likeness (QED) is 0.540. The van der Waals surface area contributed by atoms with E-state index in [2.05, 4.69) is 12.2 Å². The highest BCUT2D eigenvalue weighted by Gasteiger charge is 1.90. The third-order valence-corrected chi connectivity index (χ3v) is 3.09. The van der Waals surface area contributed by atoms with Gasteiger partial charge >= 0.3 is 0 Å². The van der Waals surface area contributed by atoms with Crippen LogP contribution in [0.15, 0.2) is 0 Å². The fourth-order valence-corrected chi connectivity index (χ4v) is 1.99. The zero-order valence-electron chi connectivity index (χ0n) is 9.68. The minimum absolute atomic E-state index is 0.900. The van der Waals surface area contributed by atoms with Gasteiger partial charge in [0.2, 0.25) is 0 Å². The van der Waals surface area contributed by atoms with Gasteiger partial charge in [-0.15, -0.1) is 0 Å². The van der Waals surface area contributed by atoms with Crippen LogP contribution < -0.4 is 5.32 Å². The van der Waals surface area contributed by atoms with Crippen LogP contribution >= 0.6 is 11.8 Å². The maximum absolute atomic E-state index is 4.98. The maximum atomic E-state index is 4.98. The van der Waals surface area contributed by atoms with Crippen LogP contribution in [0.2, 0.25) is 0 Å². The van der Waals surface area contributed by atoms with Crippen molar-refractivity contribution in [1.82, 2.24) is 5.32 Å². The first kappa shape index (κ1) is 14.3. The second-order valence-corrected chi connectivity index (χ2v) is 4.64. The highest BCUT2D eigenvalue weighted by Crippen LogP contribution is 2.00. The molecule has 0 atom stereocenters. The molecule has 0 unspecified atom stereocenters. The number of nitrogens with one attached hydrogen (secondary N) is 1. The number of rotatable bonds is 11. The van der Waals surface area contributed by atoms with E-state index < -0.39 is 0 Å². The molecule has 0 bridgehead atoms. The van der Waals surface area contributed by atoms with Crippen molar-refractivity contribution in [2.24, 2.45) is 0 Å². The molecule has 0 rings (SSSR count). The molecule has 0 heterocycles. The predicted octanol–water partition coefficient (Wildman–Crippen LogP) is 2.54. The van der Waals surface area contributed by atoms with E-state index in [0.29, 0.717) is 0 Å². The number of ether oxygens (including phenoxy) is 1. The molecule has 0 aromatic rings. The molecule has 0 aromatic heterocycles. The van der Waals surface area contributed by atoms with Crippen LogP contribution in [-0.4, -0.2) is 38.3 Å². The SMILES string of the molecule is CCCCCNCCSCCCOC. The second-order valence-electron chi connectivity index (χ2n) is 3.42. The number of thioether (sulfide) groups is 1. The maximum Gasteiger partial charge on any atom is 0.0470 e. The van der Waals surface area contributed by atoms with Gasteiger partial charge in [-0.05, 0) is 25.1 Å². The number of hydrogen-bond donors (Lipinski definition) is 1. The Balaban J connectivity index is 2.78. The summed E-state index contributed by atoms with van der Waals surface area (Å²) >= 11 is 2.01. The summed E-state index contributed by atoms with van der Waals surface area (Å²) in [7, 11) is 1.76. The Labute approximate surface area is 93.2 Å². The van der Waals surface area contributed by atoms with E-state index in [1.165, 1.54) is 43.7 Å². The molecule has 14 heavy (non-hydrogen) atoms. The van der Waals surface area contributed by atoms with Gasteiger partial charge < -0.3 is 10.1 Å². The zero-order chi connectivity index (χ0) is 10.5. The highest BCUT2D eigenvalue weighted by molar-refractivity contribution is 7.99. The summed E-state index contributed by atoms with van der Waals surface area (Å²) in [5, 5.41) is 3.46. The largest absolute Gasteiger partial charge is 0.385 e. The summed E-state index contributed by atoms with van der Waals surface area (Å²) in [6, 6.07) is 0. The third-order valence-electron chi connectivity index (χ3n) is 2.02. The van der Waals surface area contributed by atoms with E-state index in [1.54, 1.807) is 7.11 Å². The van der Waals surface area contributed by atoms with E-state index in [0.717, 1.165) is 13.2 Å². The Morgan fingerprint density at radius 1 is 1.07 bits per heavy atom. The van der Waals surface area contributed by atoms with Gasteiger partial charge in [0.1, 0.15) is 0 Å². The van der Waals surface area contributed by atoms with Crippen molar-refractivity contribution in [2.45, 2.75) is 32.6 Å². The normalized spacial score (nSPS) is 10.7. The minimum Gasteiger partial charge on any atom is -0.385 e. The number of methoxy groups -OCH3 is 1. The second kappa shape index (κ2) is 13.3. The first-order valence-electron chi connectivity index (χ1n) is 5.69. The smallest absolute Gasteiger partial charge is 0.0470 e. The van der Waals surface area contributed by atoms with Crippen LogP contribution in [0.1, 0.15) is 32.6 Å². The van der Waals surface area contributed by atoms with Crippen LogP contribution in [0.4, 0.5) is 0 Å². The molecule has 0 aromatic carbocycles. The van der Waals surface area contributed by atoms with Crippen molar-refractivity contribution in [3.05, 3.63) is 0 Å². The summed E-state index contributed by atoms with van der Waals surface area (Å²) in [6.07, 6.45) is 5.17. The molecule has 0 saturated heterocycles. The Bertz CT molecular complexity index is 89.3. The van der Waals surface area contributed by atoms with Gasteiger partial charge in [-0.3, -0.25) is 0 Å². The lowest BCUT2D eigenvalue weighted by Crippen LogP contribution is -2.18. The average molecular weight is 219 g/mol. The lowest BCUT2D eigenvalue weighted by atomic mass is 10.2. The van der Waals surface area contributed by atoms with Crippen LogP contribution in [0.25, 0.3) is 0 Å². The molecule has 0 radical (unpaired) electrons. The first-order chi connectivity index (χ1) is 6.91. The zero-order valence-corrected chi connectivity index (χ0v) is 10.5. The molecule has 0 spiro atoms. The number of hydrogen-bond acceptors (Lipinski definition) is 3. The Morgan fingerprint density at radius 2 is 1.93 bits per heavy atom. The van der Waals surface area contributed by atoms with Crippen molar-refractivity contribution in [3.63, 3.8) is 0 Å². The first-order valence-corrected chi connectivity index (χ1v) is 6.84. The van der Waals surface area contributed by atoms with E-state index >= 15 is 0 Å². The van der Waals surface area contributed by atoms with E-state index in [-0.39, 0.29) is 0 Å². The fraction of sp³-hybridized carbons (Fsp3) is 1.00. The van der Waals surface area contributed by atoms with Crippen LogP contribution in [0, 0.1) is 0 Å². The summed E-state index contributed by atoms with van der Waals surface area (Å²) < 4.78 is 4.98. The lowest BCUT2D eigenvalue weighted by molar-refractivity contribution is 0.200. The van der Waals surface area contributed by atoms with Crippen molar-refractivity contribution >= 4 is 11.8 Å². The molecule has 0 fully saturated rings. The van der Waals surface area contributed by atoms with E-state index in [1.807, 2.05) is 11.8 Å². The monoisotopic (exact) mass is 219 g/mol. The van der Waals surface area contributed by atoms with Crippen LogP contribution in [0.3, 0.4) is 0 Å². The lowest BCUT2D eigenvalue weighted by Gasteiger charge is -2.03. The average Bonchev–Trinajstić information content (AvgIpc) is 2.21. The molecule has 0 aliphatic heterocycles. The van der Waals surface area contributed by atoms with Gasteiger partial charge in [0, 0.05) is 26.0 Å². The molecule has 1 N–H and O–H groups in total. The minimum atomic E-state index is 0.900. The molecule has 0 saturated carbocycles. The van der Waals surface area contributed by atoms with Crippen molar-refractivity contribution < 1.29 is 4.74 Å². The van der Waals surface area contributed by atoms with Crippen LogP contribution in [0.5, 0.6) is 0 Å². The van der Waals surface area contributed by atoms with Gasteiger partial charge in [-0.25, -0.2) is 0 Å². The molecule has 86 valence electrons. The fourth-order valence-electron chi connectivity index (χ4n) is 1.18. The van der Waals surface area contributed by atoms with Gasteiger partial charge in [-0.1, -0.05) is 19.8 Å². The molecule has 3 heteroatoms. The van der Waals surface area contributed by atoms with Gasteiger partial charge in [0.05, 0.1) is 0 Å². The molecular weight excluding hydrogens is 194 g/mol. The predicted molar refractivity (Wildman–Crippen MR) is 66.2 cm³/mol. The number of unbranched alkanes of at least 4 members (excludes halogenated alkanes) is 2. The Hall–Kier alpha value is 0.270. The van der Waals surface area contributed by atoms with Crippen LogP contribution in [-0.2, 0) is 4.74 Å². The van der Waals surface area contributed by atoms with Crippen molar-refractivity contribution in [2.75, 3.05) is 38.3 Å². The third kappa shape index (κ3) is 12.3. The Kier molecular flexibility index (Phi) is 13.5. The summed E-state index contributed by atoms with van der Waals surface area (Å²) in [5.74, 6) is 2.46. The van der Waals surface area contributed by atoms with Gasteiger partial charge in [-0.2, -0.15) is 11.8 Å². The van der Waals surface area contributed by atoms with E-state index in [9.17, 15) is 0 Å². The molecule has 0 amide bonds. The molecular formula is C11H25NOS. The molecule has 2 nitrogen and oxygen atoms in total. The topological polar surface area (TPSA) is 21.3 Å². The molecule has 0 aliphatic carbocycles. The summed E-state index contributed by atoms with van der Waals surface area (Å²) in [6.45, 7) is 5.48. The standard InChI is InChI=1S/C11H25NOS/c1-3-4-5-7-12-8-11-14-10-6-9-13-2/h12H,3-11H2,1-2H3. The van der Waals surface area contributed by atoms with E-state index in [4.69, 9.17) is 4.74 Å². The highest BCUT2D eigenvalue weighted by atomic mass is 32.2. The summed E-state index contributed by atoms with van der Waals surface area (Å²) in [4.78, 5) is 0.